The maximum atomic E-state index is 12.2. The van der Waals surface area contributed by atoms with Crippen molar-refractivity contribution in [2.75, 3.05) is 18.1 Å². The van der Waals surface area contributed by atoms with Crippen LogP contribution in [0, 0.1) is 0 Å². The van der Waals surface area contributed by atoms with Crippen molar-refractivity contribution in [3.8, 4) is 0 Å². The fourth-order valence-corrected chi connectivity index (χ4v) is 3.45. The molecule has 0 saturated carbocycles. The Morgan fingerprint density at radius 1 is 1.43 bits per heavy atom. The topological polar surface area (TPSA) is 67.3 Å². The first-order valence-corrected chi connectivity index (χ1v) is 8.60. The van der Waals surface area contributed by atoms with E-state index in [9.17, 15) is 4.79 Å². The highest BCUT2D eigenvalue weighted by Gasteiger charge is 2.33. The van der Waals surface area contributed by atoms with Gasteiger partial charge in [-0.25, -0.2) is 10.5 Å². The number of hydrogen-bond donors (Lipinski definition) is 1. The predicted octanol–water partition coefficient (Wildman–Crippen LogP) is 2.17. The summed E-state index contributed by atoms with van der Waals surface area (Å²) in [4.78, 5) is 23.8. The predicted molar refractivity (Wildman–Crippen MR) is 89.3 cm³/mol. The van der Waals surface area contributed by atoms with Crippen molar-refractivity contribution in [2.45, 2.75) is 32.2 Å². The third-order valence-corrected chi connectivity index (χ3v) is 4.57. The van der Waals surface area contributed by atoms with E-state index in [2.05, 4.69) is 27.0 Å². The number of rotatable bonds is 6. The molecule has 122 valence electrons. The second-order valence-corrected chi connectivity index (χ2v) is 6.14. The number of anilines is 1. The molecular weight excluding hydrogens is 312 g/mol. The number of hydroxylamine groups is 1. The van der Waals surface area contributed by atoms with Crippen LogP contribution >= 0.6 is 11.5 Å². The molecule has 1 aromatic heterocycles. The van der Waals surface area contributed by atoms with Gasteiger partial charge in [0.2, 0.25) is 5.13 Å². The minimum absolute atomic E-state index is 0.107. The standard InChI is InChI=1S/C16H20N4O2S/c1-2-22-18-15(21)13-9-6-10-20(13)16-17-14(19-23-16)11-12-7-4-3-5-8-12/h3-5,7-8,13H,2,6,9-11H2,1H3,(H,18,21). The lowest BCUT2D eigenvalue weighted by molar-refractivity contribution is -0.134. The second kappa shape index (κ2) is 7.52. The van der Waals surface area contributed by atoms with E-state index >= 15 is 0 Å². The molecule has 1 aliphatic heterocycles. The summed E-state index contributed by atoms with van der Waals surface area (Å²) in [5, 5.41) is 0.810. The van der Waals surface area contributed by atoms with Crippen molar-refractivity contribution in [1.82, 2.24) is 14.8 Å². The Bertz CT molecular complexity index is 647. The number of carbonyl (C=O) groups is 1. The summed E-state index contributed by atoms with van der Waals surface area (Å²) in [6.45, 7) is 3.12. The first-order chi connectivity index (χ1) is 11.3. The lowest BCUT2D eigenvalue weighted by Gasteiger charge is -2.22. The molecule has 0 aliphatic carbocycles. The van der Waals surface area contributed by atoms with Crippen molar-refractivity contribution in [2.24, 2.45) is 0 Å². The zero-order valence-corrected chi connectivity index (χ0v) is 13.9. The molecule has 0 bridgehead atoms. The first kappa shape index (κ1) is 15.9. The van der Waals surface area contributed by atoms with E-state index < -0.39 is 0 Å². The summed E-state index contributed by atoms with van der Waals surface area (Å²) >= 11 is 1.36. The molecule has 3 rings (SSSR count). The van der Waals surface area contributed by atoms with Gasteiger partial charge in [-0.1, -0.05) is 30.3 Å². The molecule has 1 aromatic carbocycles. The molecule has 1 fully saturated rings. The highest BCUT2D eigenvalue weighted by Crippen LogP contribution is 2.27. The fraction of sp³-hybridized carbons (Fsp3) is 0.438. The van der Waals surface area contributed by atoms with E-state index in [1.807, 2.05) is 30.0 Å². The van der Waals surface area contributed by atoms with E-state index in [1.165, 1.54) is 17.1 Å². The largest absolute Gasteiger partial charge is 0.335 e. The van der Waals surface area contributed by atoms with E-state index in [1.54, 1.807) is 0 Å². The average Bonchev–Trinajstić information content (AvgIpc) is 3.22. The van der Waals surface area contributed by atoms with Crippen molar-refractivity contribution in [3.63, 3.8) is 0 Å². The number of hydrogen-bond acceptors (Lipinski definition) is 6. The minimum atomic E-state index is -0.223. The smallest absolute Gasteiger partial charge is 0.266 e. The zero-order chi connectivity index (χ0) is 16.1. The molecule has 1 unspecified atom stereocenters. The van der Waals surface area contributed by atoms with Crippen LogP contribution in [0.3, 0.4) is 0 Å². The van der Waals surface area contributed by atoms with Crippen LogP contribution in [0.2, 0.25) is 0 Å². The lowest BCUT2D eigenvalue weighted by atomic mass is 10.1. The number of nitrogens with zero attached hydrogens (tertiary/aromatic N) is 3. The molecule has 0 radical (unpaired) electrons. The summed E-state index contributed by atoms with van der Waals surface area (Å²) in [5.74, 6) is 0.691. The number of nitrogens with one attached hydrogen (secondary N) is 1. The molecule has 1 amide bonds. The molecular formula is C16H20N4O2S. The molecule has 1 aliphatic rings. The number of carbonyl (C=O) groups excluding carboxylic acids is 1. The molecule has 6 nitrogen and oxygen atoms in total. The Balaban J connectivity index is 1.68. The van der Waals surface area contributed by atoms with Gasteiger partial charge >= 0.3 is 0 Å². The van der Waals surface area contributed by atoms with Crippen LogP contribution in [0.15, 0.2) is 30.3 Å². The molecule has 23 heavy (non-hydrogen) atoms. The lowest BCUT2D eigenvalue weighted by Crippen LogP contribution is -2.43. The van der Waals surface area contributed by atoms with Gasteiger partial charge in [0.15, 0.2) is 0 Å². The van der Waals surface area contributed by atoms with Crippen LogP contribution in [-0.4, -0.2) is 34.5 Å². The van der Waals surface area contributed by atoms with Crippen molar-refractivity contribution in [1.29, 1.82) is 0 Å². The average molecular weight is 332 g/mol. The van der Waals surface area contributed by atoms with Gasteiger partial charge in [0.25, 0.3) is 5.91 Å². The molecule has 1 saturated heterocycles. The van der Waals surface area contributed by atoms with E-state index in [4.69, 9.17) is 4.84 Å². The molecule has 0 spiro atoms. The van der Waals surface area contributed by atoms with Gasteiger partial charge < -0.3 is 4.90 Å². The number of amides is 1. The maximum absolute atomic E-state index is 12.2. The summed E-state index contributed by atoms with van der Waals surface area (Å²) in [6, 6.07) is 9.92. The monoisotopic (exact) mass is 332 g/mol. The van der Waals surface area contributed by atoms with Gasteiger partial charge in [-0.3, -0.25) is 9.63 Å². The quantitative estimate of drug-likeness (QED) is 0.821. The Morgan fingerprint density at radius 3 is 3.04 bits per heavy atom. The van der Waals surface area contributed by atoms with Crippen LogP contribution in [0.1, 0.15) is 31.2 Å². The highest BCUT2D eigenvalue weighted by molar-refractivity contribution is 7.09. The summed E-state index contributed by atoms with van der Waals surface area (Å²) < 4.78 is 4.44. The van der Waals surface area contributed by atoms with Gasteiger partial charge in [-0.2, -0.15) is 4.37 Å². The van der Waals surface area contributed by atoms with Gasteiger partial charge in [0.05, 0.1) is 6.61 Å². The van der Waals surface area contributed by atoms with Gasteiger partial charge in [-0.15, -0.1) is 0 Å². The third kappa shape index (κ3) is 3.86. The van der Waals surface area contributed by atoms with Crippen LogP contribution in [0.25, 0.3) is 0 Å². The Morgan fingerprint density at radius 2 is 2.26 bits per heavy atom. The van der Waals surface area contributed by atoms with Crippen LogP contribution in [0.4, 0.5) is 5.13 Å². The fourth-order valence-electron chi connectivity index (χ4n) is 2.69. The normalized spacial score (nSPS) is 17.4. The number of benzene rings is 1. The van der Waals surface area contributed by atoms with Crippen molar-refractivity contribution < 1.29 is 9.63 Å². The van der Waals surface area contributed by atoms with Crippen LogP contribution in [-0.2, 0) is 16.1 Å². The minimum Gasteiger partial charge on any atom is -0.335 e. The van der Waals surface area contributed by atoms with Crippen molar-refractivity contribution in [3.05, 3.63) is 41.7 Å². The Labute approximate surface area is 139 Å². The third-order valence-electron chi connectivity index (χ3n) is 3.78. The summed E-state index contributed by atoms with van der Waals surface area (Å²) in [6.07, 6.45) is 2.49. The molecule has 1 atom stereocenters. The zero-order valence-electron chi connectivity index (χ0n) is 13.1. The van der Waals surface area contributed by atoms with Crippen LogP contribution in [0.5, 0.6) is 0 Å². The highest BCUT2D eigenvalue weighted by atomic mass is 32.1. The van der Waals surface area contributed by atoms with Crippen molar-refractivity contribution >= 4 is 22.6 Å². The summed E-state index contributed by atoms with van der Waals surface area (Å²) in [5.41, 5.74) is 3.68. The van der Waals surface area contributed by atoms with Gasteiger partial charge in [-0.05, 0) is 25.3 Å². The van der Waals surface area contributed by atoms with E-state index in [0.717, 1.165) is 30.3 Å². The molecule has 2 heterocycles. The second-order valence-electron chi connectivity index (χ2n) is 5.41. The Hall–Kier alpha value is -1.99. The van der Waals surface area contributed by atoms with Crippen LogP contribution < -0.4 is 10.4 Å². The first-order valence-electron chi connectivity index (χ1n) is 7.82. The van der Waals surface area contributed by atoms with Gasteiger partial charge in [0, 0.05) is 24.5 Å². The van der Waals surface area contributed by atoms with Gasteiger partial charge in [0.1, 0.15) is 11.9 Å². The molecule has 1 N–H and O–H groups in total. The summed E-state index contributed by atoms with van der Waals surface area (Å²) in [7, 11) is 0. The van der Waals surface area contributed by atoms with E-state index in [0.29, 0.717) is 13.0 Å². The Kier molecular flexibility index (Phi) is 5.19. The SMILES string of the molecule is CCONC(=O)C1CCCN1c1nc(Cc2ccccc2)ns1. The molecule has 2 aromatic rings. The number of aromatic nitrogens is 2. The molecule has 7 heteroatoms. The maximum Gasteiger partial charge on any atom is 0.266 e. The van der Waals surface area contributed by atoms with E-state index in [-0.39, 0.29) is 11.9 Å².